The maximum Gasteiger partial charge on any atom is 0.268 e. The van der Waals surface area contributed by atoms with Gasteiger partial charge in [-0.1, -0.05) is 20.8 Å². The third-order valence-corrected chi connectivity index (χ3v) is 5.32. The van der Waals surface area contributed by atoms with Gasteiger partial charge in [0.25, 0.3) is 5.56 Å². The maximum atomic E-state index is 12.6. The Kier molecular flexibility index (Phi) is 5.15. The molecule has 1 aliphatic rings. The predicted molar refractivity (Wildman–Crippen MR) is 105 cm³/mol. The Hall–Kier alpha value is -2.54. The van der Waals surface area contributed by atoms with E-state index in [1.165, 1.54) is 22.0 Å². The number of nitrogens with zero attached hydrogens (tertiary/aromatic N) is 1. The van der Waals surface area contributed by atoms with E-state index in [0.717, 1.165) is 5.56 Å². The van der Waals surface area contributed by atoms with Crippen molar-refractivity contribution < 1.29 is 19.0 Å². The van der Waals surface area contributed by atoms with Gasteiger partial charge in [-0.15, -0.1) is 11.3 Å². The first-order valence-electron chi connectivity index (χ1n) is 8.62. The number of rotatable bonds is 3. The summed E-state index contributed by atoms with van der Waals surface area (Å²) in [6, 6.07) is 3.62. The van der Waals surface area contributed by atoms with E-state index >= 15 is 0 Å². The molecule has 2 aromatic rings. The third kappa shape index (κ3) is 3.93. The molecule has 0 atom stereocenters. The van der Waals surface area contributed by atoms with Gasteiger partial charge in [-0.2, -0.15) is 0 Å². The second-order valence-electron chi connectivity index (χ2n) is 7.32. The van der Waals surface area contributed by atoms with Crippen molar-refractivity contribution in [3.63, 3.8) is 0 Å². The zero-order valence-electron chi connectivity index (χ0n) is 16.1. The van der Waals surface area contributed by atoms with E-state index in [0.29, 0.717) is 39.7 Å². The van der Waals surface area contributed by atoms with Crippen LogP contribution in [0.2, 0.25) is 0 Å². The quantitative estimate of drug-likeness (QED) is 0.795. The van der Waals surface area contributed by atoms with Crippen LogP contribution < -0.4 is 29.0 Å². The Morgan fingerprint density at radius 3 is 2.63 bits per heavy atom. The van der Waals surface area contributed by atoms with Crippen molar-refractivity contribution in [1.82, 2.24) is 4.57 Å². The number of aromatic nitrogens is 1. The van der Waals surface area contributed by atoms with Gasteiger partial charge < -0.3 is 18.8 Å². The smallest absolute Gasteiger partial charge is 0.268 e. The summed E-state index contributed by atoms with van der Waals surface area (Å²) in [7, 11) is 3.23. The van der Waals surface area contributed by atoms with Gasteiger partial charge in [-0.3, -0.25) is 9.59 Å². The summed E-state index contributed by atoms with van der Waals surface area (Å²) < 4.78 is 19.3. The van der Waals surface area contributed by atoms with Crippen molar-refractivity contribution in [2.75, 3.05) is 20.3 Å². The number of thiazole rings is 1. The minimum absolute atomic E-state index is 0.0214. The lowest BCUT2D eigenvalue weighted by atomic mass is 9.91. The summed E-state index contributed by atoms with van der Waals surface area (Å²) in [5, 5.41) is 0. The Morgan fingerprint density at radius 2 is 1.96 bits per heavy atom. The van der Waals surface area contributed by atoms with E-state index in [1.807, 2.05) is 26.8 Å². The lowest BCUT2D eigenvalue weighted by Gasteiger charge is -2.20. The Balaban J connectivity index is 2.12. The van der Waals surface area contributed by atoms with Crippen LogP contribution in [0.15, 0.2) is 16.9 Å². The van der Waals surface area contributed by atoms with E-state index in [4.69, 9.17) is 14.2 Å². The molecule has 3 rings (SSSR count). The van der Waals surface area contributed by atoms with Crippen molar-refractivity contribution in [2.45, 2.75) is 20.8 Å². The highest BCUT2D eigenvalue weighted by molar-refractivity contribution is 7.07. The van der Waals surface area contributed by atoms with Gasteiger partial charge in [0, 0.05) is 18.5 Å². The van der Waals surface area contributed by atoms with Gasteiger partial charge in [0.05, 0.1) is 11.6 Å². The molecule has 0 amide bonds. The molecular formula is C20H23NO5S. The van der Waals surface area contributed by atoms with Crippen molar-refractivity contribution in [1.29, 1.82) is 0 Å². The standard InChI is InChI=1S/C20H23NO5S/c1-20(2,3)16(22)11-17-21(4)19(23)15(27-17)10-12-8-13(24-5)18-14(9-12)25-6-7-26-18/h8-11H,6-7H2,1-5H3/b15-10-,17-11+. The molecule has 27 heavy (non-hydrogen) atoms. The molecule has 0 fully saturated rings. The highest BCUT2D eigenvalue weighted by Gasteiger charge is 2.20. The molecule has 2 heterocycles. The van der Waals surface area contributed by atoms with Gasteiger partial charge in [-0.25, -0.2) is 0 Å². The maximum absolute atomic E-state index is 12.6. The molecule has 0 N–H and O–H groups in total. The van der Waals surface area contributed by atoms with Crippen molar-refractivity contribution in [3.05, 3.63) is 37.2 Å². The molecule has 1 aromatic heterocycles. The van der Waals surface area contributed by atoms with Gasteiger partial charge in [0.1, 0.15) is 17.9 Å². The second kappa shape index (κ2) is 7.23. The zero-order valence-corrected chi connectivity index (χ0v) is 16.9. The molecule has 0 spiro atoms. The fraction of sp³-hybridized carbons (Fsp3) is 0.400. The number of Topliss-reactive ketones (excluding diaryl/α,β-unsaturated/α-hetero) is 1. The summed E-state index contributed by atoms with van der Waals surface area (Å²) in [5.41, 5.74) is 0.123. The molecule has 0 radical (unpaired) electrons. The average Bonchev–Trinajstić information content (AvgIpc) is 2.88. The van der Waals surface area contributed by atoms with Gasteiger partial charge in [0.15, 0.2) is 17.3 Å². The van der Waals surface area contributed by atoms with Crippen LogP contribution in [-0.2, 0) is 11.8 Å². The zero-order chi connectivity index (χ0) is 19.8. The van der Waals surface area contributed by atoms with E-state index < -0.39 is 5.41 Å². The van der Waals surface area contributed by atoms with E-state index in [1.54, 1.807) is 26.3 Å². The van der Waals surface area contributed by atoms with Crippen LogP contribution in [-0.4, -0.2) is 30.7 Å². The van der Waals surface area contributed by atoms with E-state index in [-0.39, 0.29) is 11.3 Å². The fourth-order valence-electron chi connectivity index (χ4n) is 2.56. The molecule has 6 nitrogen and oxygen atoms in total. The SMILES string of the molecule is COc1cc(/C=c2\s/c(=C/C(=O)C(C)(C)C)n(C)c2=O)cc2c1OCCO2. The lowest BCUT2D eigenvalue weighted by molar-refractivity contribution is -0.120. The minimum atomic E-state index is -0.493. The van der Waals surface area contributed by atoms with Crippen molar-refractivity contribution in [3.8, 4) is 17.2 Å². The van der Waals surface area contributed by atoms with E-state index in [2.05, 4.69) is 0 Å². The lowest BCUT2D eigenvalue weighted by Crippen LogP contribution is -2.30. The number of ketones is 1. The number of carbonyl (C=O) groups excluding carboxylic acids is 1. The average molecular weight is 389 g/mol. The third-order valence-electron chi connectivity index (χ3n) is 4.20. The molecule has 7 heteroatoms. The van der Waals surface area contributed by atoms with Crippen LogP contribution in [0.5, 0.6) is 17.2 Å². The molecular weight excluding hydrogens is 366 g/mol. The number of hydrogen-bond donors (Lipinski definition) is 0. The number of benzene rings is 1. The van der Waals surface area contributed by atoms with Crippen LogP contribution in [0.3, 0.4) is 0 Å². The monoisotopic (exact) mass is 389 g/mol. The predicted octanol–water partition coefficient (Wildman–Crippen LogP) is 1.45. The number of methoxy groups -OCH3 is 1. The molecule has 0 aliphatic carbocycles. The van der Waals surface area contributed by atoms with Gasteiger partial charge in [0.2, 0.25) is 5.75 Å². The minimum Gasteiger partial charge on any atom is -0.493 e. The fourth-order valence-corrected chi connectivity index (χ4v) is 3.59. The second-order valence-corrected chi connectivity index (χ2v) is 8.38. The van der Waals surface area contributed by atoms with Gasteiger partial charge >= 0.3 is 0 Å². The summed E-state index contributed by atoms with van der Waals surface area (Å²) >= 11 is 1.28. The Labute approximate surface area is 161 Å². The highest BCUT2D eigenvalue weighted by Crippen LogP contribution is 2.40. The van der Waals surface area contributed by atoms with Crippen LogP contribution in [0.25, 0.3) is 12.2 Å². The normalized spacial score (nSPS) is 15.1. The molecule has 1 aliphatic heterocycles. The first kappa shape index (κ1) is 19.2. The summed E-state index contributed by atoms with van der Waals surface area (Å²) in [5.74, 6) is 1.70. The molecule has 0 unspecified atom stereocenters. The number of fused-ring (bicyclic) bond motifs is 1. The highest BCUT2D eigenvalue weighted by atomic mass is 32.1. The number of carbonyl (C=O) groups is 1. The molecule has 0 bridgehead atoms. The van der Waals surface area contributed by atoms with Crippen molar-refractivity contribution >= 4 is 29.3 Å². The Morgan fingerprint density at radius 1 is 1.26 bits per heavy atom. The largest absolute Gasteiger partial charge is 0.493 e. The Bertz CT molecular complexity index is 1040. The number of hydrogen-bond acceptors (Lipinski definition) is 6. The summed E-state index contributed by atoms with van der Waals surface area (Å²) in [6.45, 7) is 6.50. The molecule has 1 aromatic carbocycles. The van der Waals surface area contributed by atoms with Crippen LogP contribution in [0.4, 0.5) is 0 Å². The number of ether oxygens (including phenoxy) is 3. The van der Waals surface area contributed by atoms with E-state index in [9.17, 15) is 9.59 Å². The molecule has 144 valence electrons. The first-order chi connectivity index (χ1) is 12.7. The van der Waals surface area contributed by atoms with Crippen LogP contribution in [0, 0.1) is 5.41 Å². The first-order valence-corrected chi connectivity index (χ1v) is 9.43. The topological polar surface area (TPSA) is 66.8 Å². The molecule has 0 saturated carbocycles. The van der Waals surface area contributed by atoms with Crippen LogP contribution in [0.1, 0.15) is 26.3 Å². The van der Waals surface area contributed by atoms with Gasteiger partial charge in [-0.05, 0) is 23.8 Å². The summed E-state index contributed by atoms with van der Waals surface area (Å²) in [4.78, 5) is 24.9. The van der Waals surface area contributed by atoms with Crippen LogP contribution >= 0.6 is 11.3 Å². The molecule has 0 saturated heterocycles. The van der Waals surface area contributed by atoms with Crippen molar-refractivity contribution in [2.24, 2.45) is 12.5 Å². The summed E-state index contributed by atoms with van der Waals surface area (Å²) in [6.07, 6.45) is 3.31.